The summed E-state index contributed by atoms with van der Waals surface area (Å²) in [6, 6.07) is 6.24. The van der Waals surface area contributed by atoms with Crippen molar-refractivity contribution >= 4 is 34.9 Å². The number of rotatable bonds is 6. The second-order valence-corrected chi connectivity index (χ2v) is 6.59. The first-order valence-corrected chi connectivity index (χ1v) is 8.68. The number of aromatic nitrogens is 1. The quantitative estimate of drug-likeness (QED) is 0.770. The van der Waals surface area contributed by atoms with E-state index in [1.165, 1.54) is 36.2 Å². The van der Waals surface area contributed by atoms with E-state index in [2.05, 4.69) is 10.3 Å². The highest BCUT2D eigenvalue weighted by Crippen LogP contribution is 2.27. The molecule has 0 unspecified atom stereocenters. The lowest BCUT2D eigenvalue weighted by molar-refractivity contribution is -0.124. The lowest BCUT2D eigenvalue weighted by Gasteiger charge is -2.25. The fourth-order valence-corrected chi connectivity index (χ4v) is 2.80. The van der Waals surface area contributed by atoms with E-state index in [-0.39, 0.29) is 17.8 Å². The van der Waals surface area contributed by atoms with Gasteiger partial charge in [0.2, 0.25) is 11.8 Å². The number of nitrogens with two attached hydrogens (primary N) is 1. The van der Waals surface area contributed by atoms with E-state index in [0.29, 0.717) is 22.0 Å². The maximum absolute atomic E-state index is 13.1. The van der Waals surface area contributed by atoms with Gasteiger partial charge in [-0.25, -0.2) is 9.37 Å². The first kappa shape index (κ1) is 21.1. The molecule has 0 saturated carbocycles. The van der Waals surface area contributed by atoms with Crippen molar-refractivity contribution in [3.63, 3.8) is 0 Å². The Labute approximate surface area is 166 Å². The molecule has 9 heteroatoms. The van der Waals surface area contributed by atoms with E-state index < -0.39 is 23.7 Å². The molecule has 0 saturated heterocycles. The summed E-state index contributed by atoms with van der Waals surface area (Å²) in [5.74, 6) is -1.51. The number of benzene rings is 1. The first-order valence-electron chi connectivity index (χ1n) is 8.30. The van der Waals surface area contributed by atoms with Crippen molar-refractivity contribution in [2.75, 3.05) is 17.3 Å². The summed E-state index contributed by atoms with van der Waals surface area (Å²) >= 11 is 6.14. The molecule has 1 aromatic carbocycles. The number of primary amides is 1. The topological polar surface area (TPSA) is 112 Å². The van der Waals surface area contributed by atoms with E-state index in [1.807, 2.05) is 6.07 Å². The molecule has 0 spiro atoms. The Morgan fingerprint density at radius 2 is 1.96 bits per heavy atom. The van der Waals surface area contributed by atoms with Gasteiger partial charge in [0.25, 0.3) is 0 Å². The number of carbonyl (C=O) groups is 2. The van der Waals surface area contributed by atoms with Crippen molar-refractivity contribution < 1.29 is 14.0 Å². The zero-order valence-electron chi connectivity index (χ0n) is 15.6. The van der Waals surface area contributed by atoms with Crippen molar-refractivity contribution in [1.82, 2.24) is 4.98 Å². The number of nitrogens with one attached hydrogen (secondary N) is 1. The van der Waals surface area contributed by atoms with Crippen LogP contribution in [0.3, 0.4) is 0 Å². The SMILES string of the molecule is Cc1nc(N[C@@H](CC(N)=O)C(=O)N(C)c2ccc(F)cc2)c(C#N)c(C)c1Cl. The summed E-state index contributed by atoms with van der Waals surface area (Å²) in [4.78, 5) is 29.9. The zero-order chi connectivity index (χ0) is 21.0. The van der Waals surface area contributed by atoms with Crippen LogP contribution in [0, 0.1) is 31.0 Å². The number of nitriles is 1. The lowest BCUT2D eigenvalue weighted by Crippen LogP contribution is -2.43. The molecule has 0 bridgehead atoms. The number of aryl methyl sites for hydroxylation is 1. The van der Waals surface area contributed by atoms with Gasteiger partial charge in [-0.05, 0) is 43.7 Å². The molecule has 1 aromatic heterocycles. The molecule has 0 fully saturated rings. The summed E-state index contributed by atoms with van der Waals surface area (Å²) in [5.41, 5.74) is 6.87. The zero-order valence-corrected chi connectivity index (χ0v) is 16.3. The Bertz CT molecular complexity index is 956. The van der Waals surface area contributed by atoms with E-state index in [1.54, 1.807) is 13.8 Å². The minimum atomic E-state index is -1.08. The molecule has 2 amide bonds. The highest BCUT2D eigenvalue weighted by Gasteiger charge is 2.27. The average molecular weight is 404 g/mol. The molecule has 0 radical (unpaired) electrons. The molecule has 3 N–H and O–H groups in total. The lowest BCUT2D eigenvalue weighted by atomic mass is 10.1. The first-order chi connectivity index (χ1) is 13.1. The number of hydrogen-bond donors (Lipinski definition) is 2. The fraction of sp³-hybridized carbons (Fsp3) is 0.263. The van der Waals surface area contributed by atoms with Crippen LogP contribution < -0.4 is 16.0 Å². The molecule has 2 aromatic rings. The predicted octanol–water partition coefficient (Wildman–Crippen LogP) is 2.68. The van der Waals surface area contributed by atoms with Gasteiger partial charge in [-0.2, -0.15) is 5.26 Å². The fourth-order valence-electron chi connectivity index (χ4n) is 2.66. The Balaban J connectivity index is 2.39. The van der Waals surface area contributed by atoms with Gasteiger partial charge in [0.05, 0.1) is 22.7 Å². The number of anilines is 2. The van der Waals surface area contributed by atoms with Gasteiger partial charge in [-0.1, -0.05) is 11.6 Å². The summed E-state index contributed by atoms with van der Waals surface area (Å²) in [6.45, 7) is 3.33. The van der Waals surface area contributed by atoms with E-state index in [0.717, 1.165) is 0 Å². The number of nitrogens with zero attached hydrogens (tertiary/aromatic N) is 3. The van der Waals surface area contributed by atoms with Crippen molar-refractivity contribution in [1.29, 1.82) is 5.26 Å². The highest BCUT2D eigenvalue weighted by molar-refractivity contribution is 6.32. The third-order valence-corrected chi connectivity index (χ3v) is 4.77. The molecule has 0 aliphatic heterocycles. The normalized spacial score (nSPS) is 11.4. The minimum absolute atomic E-state index is 0.133. The molecular weight excluding hydrogens is 385 g/mol. The van der Waals surface area contributed by atoms with Crippen LogP contribution in [0.5, 0.6) is 0 Å². The monoisotopic (exact) mass is 403 g/mol. The smallest absolute Gasteiger partial charge is 0.249 e. The number of carbonyl (C=O) groups excluding carboxylic acids is 2. The predicted molar refractivity (Wildman–Crippen MR) is 104 cm³/mol. The largest absolute Gasteiger partial charge is 0.370 e. The van der Waals surface area contributed by atoms with Crippen LogP contribution in [0.15, 0.2) is 24.3 Å². The van der Waals surface area contributed by atoms with Crippen molar-refractivity contribution in [2.45, 2.75) is 26.3 Å². The summed E-state index contributed by atoms with van der Waals surface area (Å²) in [6.07, 6.45) is -0.322. The summed E-state index contributed by atoms with van der Waals surface area (Å²) in [7, 11) is 1.49. The van der Waals surface area contributed by atoms with Gasteiger partial charge in [0.15, 0.2) is 0 Å². The van der Waals surface area contributed by atoms with Crippen molar-refractivity contribution in [2.24, 2.45) is 5.73 Å². The highest BCUT2D eigenvalue weighted by atomic mass is 35.5. The Morgan fingerprint density at radius 3 is 2.50 bits per heavy atom. The summed E-state index contributed by atoms with van der Waals surface area (Å²) < 4.78 is 13.1. The molecule has 0 aliphatic rings. The van der Waals surface area contributed by atoms with Crippen LogP contribution in [-0.2, 0) is 9.59 Å². The number of pyridine rings is 1. The molecule has 7 nitrogen and oxygen atoms in total. The third-order valence-electron chi connectivity index (χ3n) is 4.21. The molecule has 146 valence electrons. The van der Waals surface area contributed by atoms with Crippen LogP contribution in [0.25, 0.3) is 0 Å². The van der Waals surface area contributed by atoms with Crippen molar-refractivity contribution in [3.05, 3.63) is 51.9 Å². The van der Waals surface area contributed by atoms with E-state index in [9.17, 15) is 19.2 Å². The van der Waals surface area contributed by atoms with Gasteiger partial charge in [0, 0.05) is 12.7 Å². The van der Waals surface area contributed by atoms with Crippen LogP contribution >= 0.6 is 11.6 Å². The maximum atomic E-state index is 13.1. The second-order valence-electron chi connectivity index (χ2n) is 6.21. The van der Waals surface area contributed by atoms with Gasteiger partial charge < -0.3 is 16.0 Å². The molecule has 28 heavy (non-hydrogen) atoms. The Morgan fingerprint density at radius 1 is 1.36 bits per heavy atom. The molecule has 2 rings (SSSR count). The minimum Gasteiger partial charge on any atom is -0.370 e. The Hall–Kier alpha value is -3.18. The van der Waals surface area contributed by atoms with E-state index in [4.69, 9.17) is 17.3 Å². The van der Waals surface area contributed by atoms with Crippen LogP contribution in [0.4, 0.5) is 15.9 Å². The third kappa shape index (κ3) is 4.56. The Kier molecular flexibility index (Phi) is 6.54. The average Bonchev–Trinajstić information content (AvgIpc) is 2.65. The number of halogens is 2. The molecule has 0 aliphatic carbocycles. The van der Waals surface area contributed by atoms with Gasteiger partial charge >= 0.3 is 0 Å². The summed E-state index contributed by atoms with van der Waals surface area (Å²) in [5, 5.41) is 12.6. The maximum Gasteiger partial charge on any atom is 0.249 e. The van der Waals surface area contributed by atoms with E-state index >= 15 is 0 Å². The van der Waals surface area contributed by atoms with Crippen LogP contribution in [0.1, 0.15) is 23.2 Å². The second kappa shape index (κ2) is 8.67. The van der Waals surface area contributed by atoms with Crippen LogP contribution in [-0.4, -0.2) is 29.9 Å². The molecular formula is C19H19ClFN5O2. The van der Waals surface area contributed by atoms with Gasteiger partial charge in [-0.15, -0.1) is 0 Å². The number of likely N-dealkylation sites (N-methyl/N-ethyl adjacent to an activating group) is 1. The van der Waals surface area contributed by atoms with Crippen molar-refractivity contribution in [3.8, 4) is 6.07 Å². The number of hydrogen-bond acceptors (Lipinski definition) is 5. The molecule has 1 heterocycles. The van der Waals surface area contributed by atoms with Gasteiger partial charge in [0.1, 0.15) is 23.7 Å². The standard InChI is InChI=1S/C19H19ClFN5O2/c1-10-14(9-22)18(24-11(2)17(10)20)25-15(8-16(23)27)19(28)26(3)13-6-4-12(21)5-7-13/h4-7,15H,8H2,1-3H3,(H2,23,27)(H,24,25)/t15-/m0/s1. The van der Waals surface area contributed by atoms with Crippen LogP contribution in [0.2, 0.25) is 5.02 Å². The number of amides is 2. The molecule has 1 atom stereocenters. The van der Waals surface area contributed by atoms with Gasteiger partial charge in [-0.3, -0.25) is 9.59 Å².